The number of hydrogen-bond acceptors (Lipinski definition) is 4. The highest BCUT2D eigenvalue weighted by molar-refractivity contribution is 5.64. The molecular formula is C23H25N3O. The lowest BCUT2D eigenvalue weighted by molar-refractivity contribution is 0.305. The van der Waals surface area contributed by atoms with Gasteiger partial charge >= 0.3 is 0 Å². The first kappa shape index (κ1) is 18.8. The summed E-state index contributed by atoms with van der Waals surface area (Å²) >= 11 is 0. The second kappa shape index (κ2) is 10.2. The van der Waals surface area contributed by atoms with Crippen molar-refractivity contribution < 1.29 is 4.74 Å². The number of aromatic nitrogens is 1. The van der Waals surface area contributed by atoms with Crippen molar-refractivity contribution in [1.82, 2.24) is 4.98 Å². The van der Waals surface area contributed by atoms with Crippen LogP contribution < -0.4 is 4.74 Å². The Morgan fingerprint density at radius 1 is 0.704 bits per heavy atom. The van der Waals surface area contributed by atoms with Gasteiger partial charge in [-0.2, -0.15) is 10.2 Å². The third-order valence-corrected chi connectivity index (χ3v) is 4.27. The van der Waals surface area contributed by atoms with E-state index in [1.807, 2.05) is 60.7 Å². The molecule has 0 aliphatic rings. The summed E-state index contributed by atoms with van der Waals surface area (Å²) in [6.07, 6.45) is 8.43. The van der Waals surface area contributed by atoms with E-state index < -0.39 is 0 Å². The normalized spacial score (nSPS) is 11.0. The summed E-state index contributed by atoms with van der Waals surface area (Å²) in [4.78, 5) is 4.04. The van der Waals surface area contributed by atoms with E-state index in [2.05, 4.69) is 22.1 Å². The number of nitrogens with zero attached hydrogens (tertiary/aromatic N) is 3. The Kier molecular flexibility index (Phi) is 7.10. The van der Waals surface area contributed by atoms with Crippen LogP contribution in [0, 0.1) is 0 Å². The summed E-state index contributed by atoms with van der Waals surface area (Å²) in [5.74, 6) is 0.882. The molecule has 0 atom stereocenters. The Balaban J connectivity index is 1.53. The van der Waals surface area contributed by atoms with Crippen LogP contribution in [0.1, 0.15) is 32.6 Å². The van der Waals surface area contributed by atoms with Crippen molar-refractivity contribution in [2.45, 2.75) is 32.6 Å². The van der Waals surface area contributed by atoms with Crippen molar-refractivity contribution in [2.24, 2.45) is 10.2 Å². The third-order valence-electron chi connectivity index (χ3n) is 4.27. The van der Waals surface area contributed by atoms with E-state index in [4.69, 9.17) is 4.74 Å². The van der Waals surface area contributed by atoms with Crippen LogP contribution in [0.25, 0.3) is 11.1 Å². The number of rotatable bonds is 9. The summed E-state index contributed by atoms with van der Waals surface area (Å²) < 4.78 is 5.75. The monoisotopic (exact) mass is 359 g/mol. The quantitative estimate of drug-likeness (QED) is 0.301. The Morgan fingerprint density at radius 2 is 1.30 bits per heavy atom. The maximum atomic E-state index is 5.75. The SMILES string of the molecule is CCCCCCOc1ccc(N=Nc2ccc(-c3ccncc3)cc2)cc1. The highest BCUT2D eigenvalue weighted by Gasteiger charge is 1.98. The molecule has 0 unspecified atom stereocenters. The van der Waals surface area contributed by atoms with Gasteiger partial charge in [-0.15, -0.1) is 0 Å². The summed E-state index contributed by atoms with van der Waals surface area (Å²) in [5, 5.41) is 8.61. The molecule has 0 N–H and O–H groups in total. The van der Waals surface area contributed by atoms with Crippen molar-refractivity contribution >= 4 is 11.4 Å². The summed E-state index contributed by atoms with van der Waals surface area (Å²) in [5.41, 5.74) is 3.91. The fourth-order valence-corrected chi connectivity index (χ4v) is 2.71. The highest BCUT2D eigenvalue weighted by atomic mass is 16.5. The molecule has 2 aromatic carbocycles. The minimum absolute atomic E-state index is 0.769. The number of unbranched alkanes of at least 4 members (excludes halogenated alkanes) is 3. The van der Waals surface area contributed by atoms with Crippen molar-refractivity contribution in [3.63, 3.8) is 0 Å². The molecule has 0 fully saturated rings. The topological polar surface area (TPSA) is 46.8 Å². The summed E-state index contributed by atoms with van der Waals surface area (Å²) in [6.45, 7) is 2.98. The van der Waals surface area contributed by atoms with E-state index >= 15 is 0 Å². The molecule has 0 radical (unpaired) electrons. The average Bonchev–Trinajstić information content (AvgIpc) is 2.74. The Labute approximate surface area is 161 Å². The maximum Gasteiger partial charge on any atom is 0.119 e. The van der Waals surface area contributed by atoms with E-state index in [0.29, 0.717) is 0 Å². The zero-order chi connectivity index (χ0) is 18.7. The minimum Gasteiger partial charge on any atom is -0.494 e. The lowest BCUT2D eigenvalue weighted by Gasteiger charge is -2.05. The highest BCUT2D eigenvalue weighted by Crippen LogP contribution is 2.24. The number of pyridine rings is 1. The molecule has 3 aromatic rings. The van der Waals surface area contributed by atoms with E-state index in [-0.39, 0.29) is 0 Å². The van der Waals surface area contributed by atoms with Crippen molar-refractivity contribution in [1.29, 1.82) is 0 Å². The lowest BCUT2D eigenvalue weighted by Crippen LogP contribution is -1.96. The second-order valence-electron chi connectivity index (χ2n) is 6.39. The summed E-state index contributed by atoms with van der Waals surface area (Å²) in [6, 6.07) is 19.7. The van der Waals surface area contributed by atoms with Gasteiger partial charge in [-0.25, -0.2) is 0 Å². The van der Waals surface area contributed by atoms with Crippen LogP contribution in [0.15, 0.2) is 83.3 Å². The molecule has 0 spiro atoms. The number of ether oxygens (including phenoxy) is 1. The van der Waals surface area contributed by atoms with Gasteiger partial charge < -0.3 is 4.74 Å². The van der Waals surface area contributed by atoms with Gasteiger partial charge in [0.2, 0.25) is 0 Å². The first-order valence-corrected chi connectivity index (χ1v) is 9.50. The van der Waals surface area contributed by atoms with Gasteiger partial charge in [-0.1, -0.05) is 38.3 Å². The predicted molar refractivity (Wildman–Crippen MR) is 110 cm³/mol. The molecule has 27 heavy (non-hydrogen) atoms. The van der Waals surface area contributed by atoms with E-state index in [1.54, 1.807) is 12.4 Å². The number of benzene rings is 2. The lowest BCUT2D eigenvalue weighted by atomic mass is 10.1. The Bertz CT molecular complexity index is 828. The zero-order valence-electron chi connectivity index (χ0n) is 15.7. The standard InChI is InChI=1S/C23H25N3O/c1-2-3-4-5-18-27-23-12-10-22(11-13-23)26-25-21-8-6-19(7-9-21)20-14-16-24-17-15-20/h6-17H,2-5,18H2,1H3. The van der Waals surface area contributed by atoms with Crippen molar-refractivity contribution in [3.05, 3.63) is 73.1 Å². The fourth-order valence-electron chi connectivity index (χ4n) is 2.71. The van der Waals surface area contributed by atoms with E-state index in [9.17, 15) is 0 Å². The van der Waals surface area contributed by atoms with Crippen molar-refractivity contribution in [3.8, 4) is 16.9 Å². The molecule has 0 saturated carbocycles. The van der Waals surface area contributed by atoms with Gasteiger partial charge in [0.25, 0.3) is 0 Å². The molecule has 0 amide bonds. The molecule has 4 heteroatoms. The third kappa shape index (κ3) is 6.03. The van der Waals surface area contributed by atoms with Crippen molar-refractivity contribution in [2.75, 3.05) is 6.61 Å². The van der Waals surface area contributed by atoms with Crippen LogP contribution >= 0.6 is 0 Å². The Morgan fingerprint density at radius 3 is 1.93 bits per heavy atom. The van der Waals surface area contributed by atoms with Gasteiger partial charge in [0.15, 0.2) is 0 Å². The molecular weight excluding hydrogens is 334 g/mol. The number of hydrogen-bond donors (Lipinski definition) is 0. The largest absolute Gasteiger partial charge is 0.494 e. The predicted octanol–water partition coefficient (Wildman–Crippen LogP) is 7.12. The molecule has 138 valence electrons. The minimum atomic E-state index is 0.769. The van der Waals surface area contributed by atoms with Gasteiger partial charge in [-0.3, -0.25) is 4.98 Å². The van der Waals surface area contributed by atoms with Gasteiger partial charge in [0.1, 0.15) is 5.75 Å². The van der Waals surface area contributed by atoms with Gasteiger partial charge in [-0.05, 0) is 66.1 Å². The van der Waals surface area contributed by atoms with Crippen LogP contribution in [-0.4, -0.2) is 11.6 Å². The zero-order valence-corrected chi connectivity index (χ0v) is 15.7. The Hall–Kier alpha value is -3.01. The molecule has 0 saturated heterocycles. The molecule has 3 rings (SSSR count). The smallest absolute Gasteiger partial charge is 0.119 e. The first-order valence-electron chi connectivity index (χ1n) is 9.50. The van der Waals surface area contributed by atoms with Gasteiger partial charge in [0, 0.05) is 12.4 Å². The second-order valence-corrected chi connectivity index (χ2v) is 6.39. The summed E-state index contributed by atoms with van der Waals surface area (Å²) in [7, 11) is 0. The molecule has 0 aliphatic carbocycles. The van der Waals surface area contributed by atoms with Crippen LogP contribution in [0.4, 0.5) is 11.4 Å². The average molecular weight is 359 g/mol. The fraction of sp³-hybridized carbons (Fsp3) is 0.261. The molecule has 4 nitrogen and oxygen atoms in total. The molecule has 0 aliphatic heterocycles. The van der Waals surface area contributed by atoms with Gasteiger partial charge in [0.05, 0.1) is 18.0 Å². The molecule has 1 heterocycles. The van der Waals surface area contributed by atoms with Crippen LogP contribution in [0.2, 0.25) is 0 Å². The molecule has 0 bridgehead atoms. The van der Waals surface area contributed by atoms with Crippen LogP contribution in [0.5, 0.6) is 5.75 Å². The maximum absolute atomic E-state index is 5.75. The molecule has 1 aromatic heterocycles. The van der Waals surface area contributed by atoms with E-state index in [1.165, 1.54) is 19.3 Å². The number of azo groups is 1. The van der Waals surface area contributed by atoms with E-state index in [0.717, 1.165) is 41.3 Å². The van der Waals surface area contributed by atoms with Crippen LogP contribution in [0.3, 0.4) is 0 Å². The first-order chi connectivity index (χ1) is 13.3. The van der Waals surface area contributed by atoms with Crippen LogP contribution in [-0.2, 0) is 0 Å².